The van der Waals surface area contributed by atoms with Crippen LogP contribution in [0.5, 0.6) is 0 Å². The average Bonchev–Trinajstić information content (AvgIpc) is 2.70. The van der Waals surface area contributed by atoms with Crippen LogP contribution in [0.3, 0.4) is 0 Å². The number of carbonyl (C=O) groups is 2. The van der Waals surface area contributed by atoms with Crippen LogP contribution in [-0.2, 0) is 9.59 Å². The maximum atomic E-state index is 10.8. The molecule has 6 heteroatoms. The number of hydrogen-bond acceptors (Lipinski definition) is 4. The molecule has 0 amide bonds. The fourth-order valence-electron chi connectivity index (χ4n) is 2.64. The lowest BCUT2D eigenvalue weighted by Gasteiger charge is -2.12. The van der Waals surface area contributed by atoms with E-state index in [1.807, 2.05) is 60.7 Å². The number of aliphatic carboxylic acids is 2. The first-order chi connectivity index (χ1) is 13.6. The van der Waals surface area contributed by atoms with Crippen molar-refractivity contribution in [1.29, 1.82) is 0 Å². The lowest BCUT2D eigenvalue weighted by Crippen LogP contribution is -2.19. The van der Waals surface area contributed by atoms with Gasteiger partial charge in [0, 0.05) is 37.1 Å². The van der Waals surface area contributed by atoms with E-state index in [-0.39, 0.29) is 12.8 Å². The van der Waals surface area contributed by atoms with Crippen LogP contribution in [0.2, 0.25) is 0 Å². The Labute approximate surface area is 164 Å². The Hall–Kier alpha value is -3.28. The Morgan fingerprint density at radius 3 is 1.32 bits per heavy atom. The molecule has 0 atom stereocenters. The summed E-state index contributed by atoms with van der Waals surface area (Å²) in [5.74, 6) is -1.69. The Bertz CT molecular complexity index is 759. The molecule has 0 aliphatic carbocycles. The molecule has 0 bridgehead atoms. The monoisotopic (exact) mass is 380 g/mol. The van der Waals surface area contributed by atoms with Crippen molar-refractivity contribution in [3.05, 3.63) is 71.8 Å². The lowest BCUT2D eigenvalue weighted by atomic mass is 9.99. The van der Waals surface area contributed by atoms with Gasteiger partial charge in [-0.1, -0.05) is 60.7 Å². The zero-order chi connectivity index (χ0) is 20.2. The lowest BCUT2D eigenvalue weighted by molar-refractivity contribution is -0.138. The highest BCUT2D eigenvalue weighted by atomic mass is 16.4. The van der Waals surface area contributed by atoms with Gasteiger partial charge in [0.25, 0.3) is 0 Å². The van der Waals surface area contributed by atoms with Crippen molar-refractivity contribution in [2.24, 2.45) is 9.98 Å². The summed E-state index contributed by atoms with van der Waals surface area (Å²) in [4.78, 5) is 30.9. The number of hydrogen-bond donors (Lipinski definition) is 2. The van der Waals surface area contributed by atoms with Gasteiger partial charge in [-0.15, -0.1) is 0 Å². The summed E-state index contributed by atoms with van der Waals surface area (Å²) in [6.45, 7) is 0.745. The highest BCUT2D eigenvalue weighted by Crippen LogP contribution is 2.12. The Morgan fingerprint density at radius 1 is 0.643 bits per heavy atom. The van der Waals surface area contributed by atoms with Crippen molar-refractivity contribution in [2.45, 2.75) is 25.7 Å². The van der Waals surface area contributed by atoms with Gasteiger partial charge in [0.1, 0.15) is 0 Å². The molecule has 0 aromatic heterocycles. The van der Waals surface area contributed by atoms with E-state index in [9.17, 15) is 9.59 Å². The maximum Gasteiger partial charge on any atom is 0.303 e. The van der Waals surface area contributed by atoms with Crippen LogP contribution in [0.1, 0.15) is 36.8 Å². The van der Waals surface area contributed by atoms with Gasteiger partial charge in [-0.05, 0) is 12.8 Å². The zero-order valence-corrected chi connectivity index (χ0v) is 15.6. The molecule has 0 radical (unpaired) electrons. The van der Waals surface area contributed by atoms with Gasteiger partial charge in [-0.25, -0.2) is 0 Å². The minimum Gasteiger partial charge on any atom is -0.481 e. The highest BCUT2D eigenvalue weighted by molar-refractivity contribution is 6.53. The second kappa shape index (κ2) is 11.4. The number of benzene rings is 2. The summed E-state index contributed by atoms with van der Waals surface area (Å²) in [5.41, 5.74) is 3.15. The molecule has 0 fully saturated rings. The van der Waals surface area contributed by atoms with Gasteiger partial charge < -0.3 is 10.2 Å². The van der Waals surface area contributed by atoms with Crippen LogP contribution in [0.25, 0.3) is 0 Å². The highest BCUT2D eigenvalue weighted by Gasteiger charge is 2.14. The molecule has 2 aromatic rings. The normalized spacial score (nSPS) is 12.0. The molecule has 2 rings (SSSR count). The molecule has 6 nitrogen and oxygen atoms in total. The van der Waals surface area contributed by atoms with Gasteiger partial charge in [0.15, 0.2) is 0 Å². The molecule has 28 heavy (non-hydrogen) atoms. The first kappa shape index (κ1) is 21.0. The third kappa shape index (κ3) is 7.15. The van der Waals surface area contributed by atoms with Crippen LogP contribution in [0, 0.1) is 0 Å². The SMILES string of the molecule is O=C(O)CCCN=C(C(=NCCCC(=O)O)c1ccccc1)c1ccccc1. The summed E-state index contributed by atoms with van der Waals surface area (Å²) in [5, 5.41) is 17.7. The minimum atomic E-state index is -0.845. The zero-order valence-electron chi connectivity index (χ0n) is 15.6. The van der Waals surface area contributed by atoms with Crippen molar-refractivity contribution in [2.75, 3.05) is 13.1 Å². The van der Waals surface area contributed by atoms with Crippen molar-refractivity contribution in [1.82, 2.24) is 0 Å². The quantitative estimate of drug-likeness (QED) is 0.459. The summed E-state index contributed by atoms with van der Waals surface area (Å²) in [6, 6.07) is 19.2. The van der Waals surface area contributed by atoms with E-state index < -0.39 is 11.9 Å². The smallest absolute Gasteiger partial charge is 0.303 e. The fourth-order valence-corrected chi connectivity index (χ4v) is 2.64. The predicted octanol–water partition coefficient (Wildman–Crippen LogP) is 3.69. The summed E-state index contributed by atoms with van der Waals surface area (Å²) in [7, 11) is 0. The van der Waals surface area contributed by atoms with Gasteiger partial charge in [0.05, 0.1) is 11.4 Å². The summed E-state index contributed by atoms with van der Waals surface area (Å²) < 4.78 is 0. The van der Waals surface area contributed by atoms with Crippen molar-refractivity contribution >= 4 is 23.4 Å². The van der Waals surface area contributed by atoms with E-state index in [1.54, 1.807) is 0 Å². The maximum absolute atomic E-state index is 10.8. The molecule has 2 aromatic carbocycles. The Morgan fingerprint density at radius 2 is 1.00 bits per heavy atom. The summed E-state index contributed by atoms with van der Waals surface area (Å²) >= 11 is 0. The molecule has 0 aliphatic rings. The average molecular weight is 380 g/mol. The molecular formula is C22H24N2O4. The van der Waals surface area contributed by atoms with E-state index in [2.05, 4.69) is 9.98 Å². The first-order valence-corrected chi connectivity index (χ1v) is 9.21. The first-order valence-electron chi connectivity index (χ1n) is 9.21. The number of carboxylic acids is 2. The van der Waals surface area contributed by atoms with E-state index in [0.29, 0.717) is 37.4 Å². The minimum absolute atomic E-state index is 0.0575. The van der Waals surface area contributed by atoms with Crippen LogP contribution in [0.4, 0.5) is 0 Å². The standard InChI is InChI=1S/C22H24N2O4/c25-19(26)13-7-15-23-21(17-9-3-1-4-10-17)22(18-11-5-2-6-12-18)24-16-8-14-20(27)28/h1-6,9-12H,7-8,13-16H2,(H,25,26)(H,27,28). The van der Waals surface area contributed by atoms with Gasteiger partial charge >= 0.3 is 11.9 Å². The van der Waals surface area contributed by atoms with Gasteiger partial charge in [0.2, 0.25) is 0 Å². The van der Waals surface area contributed by atoms with E-state index in [1.165, 1.54) is 0 Å². The third-order valence-electron chi connectivity index (χ3n) is 3.96. The Balaban J connectivity index is 2.36. The molecule has 0 heterocycles. The third-order valence-corrected chi connectivity index (χ3v) is 3.96. The van der Waals surface area contributed by atoms with Crippen LogP contribution >= 0.6 is 0 Å². The molecule has 0 spiro atoms. The summed E-state index contributed by atoms with van der Waals surface area (Å²) in [6.07, 6.45) is 0.990. The Kier molecular flexibility index (Phi) is 8.59. The van der Waals surface area contributed by atoms with Crippen molar-refractivity contribution < 1.29 is 19.8 Å². The number of carboxylic acid groups (broad SMARTS) is 2. The van der Waals surface area contributed by atoms with Crippen LogP contribution < -0.4 is 0 Å². The van der Waals surface area contributed by atoms with Crippen molar-refractivity contribution in [3.63, 3.8) is 0 Å². The second-order valence-electron chi connectivity index (χ2n) is 6.19. The van der Waals surface area contributed by atoms with Crippen LogP contribution in [0.15, 0.2) is 70.6 Å². The molecule has 0 saturated heterocycles. The number of nitrogens with zero attached hydrogens (tertiary/aromatic N) is 2. The molecule has 2 N–H and O–H groups in total. The second-order valence-corrected chi connectivity index (χ2v) is 6.19. The molecular weight excluding hydrogens is 356 g/mol. The predicted molar refractivity (Wildman–Crippen MR) is 109 cm³/mol. The molecule has 146 valence electrons. The van der Waals surface area contributed by atoms with E-state index in [4.69, 9.17) is 10.2 Å². The van der Waals surface area contributed by atoms with E-state index in [0.717, 1.165) is 11.1 Å². The van der Waals surface area contributed by atoms with E-state index >= 15 is 0 Å². The fraction of sp³-hybridized carbons (Fsp3) is 0.273. The number of aliphatic imine (C=N–C) groups is 2. The number of rotatable bonds is 11. The van der Waals surface area contributed by atoms with Crippen LogP contribution in [-0.4, -0.2) is 46.7 Å². The largest absolute Gasteiger partial charge is 0.481 e. The van der Waals surface area contributed by atoms with Gasteiger partial charge in [-0.2, -0.15) is 0 Å². The van der Waals surface area contributed by atoms with Gasteiger partial charge in [-0.3, -0.25) is 19.6 Å². The molecule has 0 aliphatic heterocycles. The molecule has 0 saturated carbocycles. The molecule has 0 unspecified atom stereocenters. The van der Waals surface area contributed by atoms with Crippen molar-refractivity contribution in [3.8, 4) is 0 Å². The topological polar surface area (TPSA) is 99.3 Å².